The van der Waals surface area contributed by atoms with Gasteiger partial charge in [0, 0.05) is 36.9 Å². The molecule has 0 unspecified atom stereocenters. The zero-order valence-electron chi connectivity index (χ0n) is 14.6. The Morgan fingerprint density at radius 3 is 2.70 bits per heavy atom. The second kappa shape index (κ2) is 7.58. The Hall–Kier alpha value is -2.57. The van der Waals surface area contributed by atoms with Gasteiger partial charge in [0.15, 0.2) is 16.3 Å². The maximum Gasteiger partial charge on any atom is 0.332 e. The molecule has 0 N–H and O–H groups in total. The Balaban J connectivity index is 2.28. The van der Waals surface area contributed by atoms with Crippen LogP contribution in [0.1, 0.15) is 12.0 Å². The summed E-state index contributed by atoms with van der Waals surface area (Å²) in [7, 11) is 2.89. The molecule has 0 fully saturated rings. The van der Waals surface area contributed by atoms with E-state index < -0.39 is 17.1 Å². The number of nitrogens with zero attached hydrogens (tertiary/aromatic N) is 5. The Kier molecular flexibility index (Phi) is 5.39. The molecule has 1 aromatic carbocycles. The predicted octanol–water partition coefficient (Wildman–Crippen LogP) is 2.28. The maximum atomic E-state index is 14.3. The largest absolute Gasteiger partial charge is 0.332 e. The first-order valence-corrected chi connectivity index (χ1v) is 9.32. The van der Waals surface area contributed by atoms with Crippen molar-refractivity contribution in [3.63, 3.8) is 0 Å². The van der Waals surface area contributed by atoms with Gasteiger partial charge in [-0.25, -0.2) is 14.2 Å². The van der Waals surface area contributed by atoms with Gasteiger partial charge in [-0.3, -0.25) is 13.9 Å². The van der Waals surface area contributed by atoms with Crippen LogP contribution < -0.4 is 11.2 Å². The van der Waals surface area contributed by atoms with Crippen molar-refractivity contribution in [1.29, 1.82) is 5.26 Å². The van der Waals surface area contributed by atoms with E-state index in [1.807, 2.05) is 6.07 Å². The van der Waals surface area contributed by atoms with Crippen LogP contribution in [-0.2, 0) is 20.6 Å². The number of rotatable bonds is 5. The molecule has 0 amide bonds. The van der Waals surface area contributed by atoms with Gasteiger partial charge < -0.3 is 4.57 Å². The van der Waals surface area contributed by atoms with Gasteiger partial charge in [-0.05, 0) is 12.1 Å². The number of fused-ring (bicyclic) bond motifs is 1. The smallest absolute Gasteiger partial charge is 0.308 e. The van der Waals surface area contributed by atoms with Crippen LogP contribution in [0.3, 0.4) is 0 Å². The average molecular weight is 408 g/mol. The monoisotopic (exact) mass is 407 g/mol. The summed E-state index contributed by atoms with van der Waals surface area (Å²) in [5.74, 6) is -0.0574. The molecule has 0 aliphatic rings. The van der Waals surface area contributed by atoms with Crippen LogP contribution in [0.5, 0.6) is 0 Å². The summed E-state index contributed by atoms with van der Waals surface area (Å²) < 4.78 is 18.1. The van der Waals surface area contributed by atoms with Crippen molar-refractivity contribution in [2.45, 2.75) is 18.1 Å². The Morgan fingerprint density at radius 2 is 2.04 bits per heavy atom. The fourth-order valence-corrected chi connectivity index (χ4v) is 3.77. The molecule has 0 saturated carbocycles. The van der Waals surface area contributed by atoms with Crippen molar-refractivity contribution >= 4 is 34.5 Å². The highest BCUT2D eigenvalue weighted by Crippen LogP contribution is 2.26. The zero-order valence-corrected chi connectivity index (χ0v) is 16.1. The number of imidazole rings is 1. The van der Waals surface area contributed by atoms with Gasteiger partial charge >= 0.3 is 5.69 Å². The zero-order chi connectivity index (χ0) is 19.7. The number of aryl methyl sites for hydroxylation is 1. The topological polar surface area (TPSA) is 85.6 Å². The van der Waals surface area contributed by atoms with Crippen molar-refractivity contribution in [3.05, 3.63) is 55.4 Å². The molecular formula is C17H15ClFN5O2S. The van der Waals surface area contributed by atoms with Crippen molar-refractivity contribution in [1.82, 2.24) is 18.7 Å². The molecule has 0 saturated heterocycles. The second-order valence-corrected chi connectivity index (χ2v) is 7.28. The number of hydrogen-bond donors (Lipinski definition) is 0. The van der Waals surface area contributed by atoms with E-state index in [1.165, 1.54) is 42.6 Å². The number of aromatic nitrogens is 4. The quantitative estimate of drug-likeness (QED) is 0.478. The van der Waals surface area contributed by atoms with Crippen LogP contribution in [0, 0.1) is 17.1 Å². The van der Waals surface area contributed by atoms with E-state index in [4.69, 9.17) is 16.9 Å². The third kappa shape index (κ3) is 3.38. The van der Waals surface area contributed by atoms with E-state index in [0.29, 0.717) is 10.9 Å². The lowest BCUT2D eigenvalue weighted by Gasteiger charge is -2.11. The van der Waals surface area contributed by atoms with Crippen LogP contribution in [0.2, 0.25) is 5.02 Å². The fraction of sp³-hybridized carbons (Fsp3) is 0.294. The third-order valence-electron chi connectivity index (χ3n) is 4.14. The van der Waals surface area contributed by atoms with Crippen LogP contribution in [0.25, 0.3) is 11.2 Å². The van der Waals surface area contributed by atoms with Crippen molar-refractivity contribution in [2.75, 3.05) is 5.75 Å². The van der Waals surface area contributed by atoms with Crippen LogP contribution in [-0.4, -0.2) is 24.4 Å². The highest BCUT2D eigenvalue weighted by Gasteiger charge is 2.21. The molecule has 140 valence electrons. The molecule has 0 spiro atoms. The minimum absolute atomic E-state index is 0.0235. The molecular weight excluding hydrogens is 393 g/mol. The lowest BCUT2D eigenvalue weighted by Crippen LogP contribution is -2.37. The first kappa shape index (κ1) is 19.2. The lowest BCUT2D eigenvalue weighted by atomic mass is 10.2. The number of hydrogen-bond acceptors (Lipinski definition) is 5. The van der Waals surface area contributed by atoms with Gasteiger partial charge in [0.25, 0.3) is 5.56 Å². The number of halogens is 2. The van der Waals surface area contributed by atoms with E-state index in [9.17, 15) is 14.0 Å². The molecule has 2 aromatic heterocycles. The molecule has 27 heavy (non-hydrogen) atoms. The standard InChI is InChI=1S/C17H15ClFN5O2S/c1-22-14-13(15(25)23(2)17(22)26)24(16(21-14)27-8-4-7-20)9-10-11(18)5-3-6-12(10)19/h3,5-6H,4,8-9H2,1-2H3. The molecule has 3 aromatic rings. The van der Waals surface area contributed by atoms with Crippen molar-refractivity contribution in [2.24, 2.45) is 14.1 Å². The van der Waals surface area contributed by atoms with Crippen molar-refractivity contribution in [3.8, 4) is 6.07 Å². The summed E-state index contributed by atoms with van der Waals surface area (Å²) in [6.07, 6.45) is 0.283. The summed E-state index contributed by atoms with van der Waals surface area (Å²) >= 11 is 7.40. The summed E-state index contributed by atoms with van der Waals surface area (Å²) in [4.78, 5) is 29.3. The van der Waals surface area contributed by atoms with Crippen LogP contribution in [0.4, 0.5) is 4.39 Å². The third-order valence-corrected chi connectivity index (χ3v) is 5.47. The molecule has 10 heteroatoms. The van der Waals surface area contributed by atoms with Crippen molar-refractivity contribution < 1.29 is 4.39 Å². The fourth-order valence-electron chi connectivity index (χ4n) is 2.71. The minimum atomic E-state index is -0.528. The summed E-state index contributed by atoms with van der Waals surface area (Å²) in [6, 6.07) is 6.39. The number of thioether (sulfide) groups is 1. The van der Waals surface area contributed by atoms with Gasteiger partial charge in [-0.2, -0.15) is 5.26 Å². The molecule has 0 aliphatic heterocycles. The lowest BCUT2D eigenvalue weighted by molar-refractivity contribution is 0.593. The summed E-state index contributed by atoms with van der Waals surface area (Å²) in [6.45, 7) is -0.0235. The second-order valence-electron chi connectivity index (χ2n) is 5.82. The molecule has 7 nitrogen and oxygen atoms in total. The molecule has 0 bridgehead atoms. The molecule has 0 atom stereocenters. The van der Waals surface area contributed by atoms with Crippen LogP contribution in [0.15, 0.2) is 32.9 Å². The van der Waals surface area contributed by atoms with E-state index in [2.05, 4.69) is 4.98 Å². The first-order chi connectivity index (χ1) is 12.9. The first-order valence-electron chi connectivity index (χ1n) is 7.95. The van der Waals surface area contributed by atoms with Gasteiger partial charge in [0.2, 0.25) is 0 Å². The maximum absolute atomic E-state index is 14.3. The molecule has 3 rings (SSSR count). The van der Waals surface area contributed by atoms with Gasteiger partial charge in [0.1, 0.15) is 5.82 Å². The molecule has 2 heterocycles. The summed E-state index contributed by atoms with van der Waals surface area (Å²) in [5, 5.41) is 9.41. The van der Waals surface area contributed by atoms with E-state index in [0.717, 1.165) is 4.57 Å². The van der Waals surface area contributed by atoms with E-state index >= 15 is 0 Å². The SMILES string of the molecule is Cn1c(=O)c2c(nc(SCCC#N)n2Cc2c(F)cccc2Cl)n(C)c1=O. The Bertz CT molecular complexity index is 1170. The van der Waals surface area contributed by atoms with E-state index in [1.54, 1.807) is 10.6 Å². The Morgan fingerprint density at radius 1 is 1.30 bits per heavy atom. The van der Waals surface area contributed by atoms with Crippen LogP contribution >= 0.6 is 23.4 Å². The highest BCUT2D eigenvalue weighted by molar-refractivity contribution is 7.99. The normalized spacial score (nSPS) is 11.1. The summed E-state index contributed by atoms with van der Waals surface area (Å²) in [5.41, 5.74) is -0.431. The minimum Gasteiger partial charge on any atom is -0.308 e. The number of benzene rings is 1. The van der Waals surface area contributed by atoms with Gasteiger partial charge in [0.05, 0.1) is 12.6 Å². The highest BCUT2D eigenvalue weighted by atomic mass is 35.5. The molecule has 0 radical (unpaired) electrons. The number of nitriles is 1. The average Bonchev–Trinajstić information content (AvgIpc) is 3.00. The van der Waals surface area contributed by atoms with E-state index in [-0.39, 0.29) is 34.7 Å². The Labute approximate surface area is 162 Å². The van der Waals surface area contributed by atoms with Gasteiger partial charge in [-0.1, -0.05) is 29.4 Å². The molecule has 0 aliphatic carbocycles. The predicted molar refractivity (Wildman–Crippen MR) is 102 cm³/mol. The van der Waals surface area contributed by atoms with Gasteiger partial charge in [-0.15, -0.1) is 0 Å².